The molecule has 2 aromatic carbocycles. The van der Waals surface area contributed by atoms with Crippen LogP contribution >= 0.6 is 11.8 Å². The van der Waals surface area contributed by atoms with Crippen molar-refractivity contribution in [3.05, 3.63) is 70.0 Å². The van der Waals surface area contributed by atoms with Gasteiger partial charge in [0.25, 0.3) is 5.56 Å². The highest BCUT2D eigenvalue weighted by Crippen LogP contribution is 2.23. The summed E-state index contributed by atoms with van der Waals surface area (Å²) in [5, 5.41) is 9.88. The summed E-state index contributed by atoms with van der Waals surface area (Å²) in [4.78, 5) is 25.7. The number of rotatable bonds is 8. The Morgan fingerprint density at radius 3 is 2.57 bits per heavy atom. The Hall–Kier alpha value is -2.93. The average molecular weight is 421 g/mol. The minimum atomic E-state index is -0.0473. The number of para-hydroxylation sites is 1. The van der Waals surface area contributed by atoms with E-state index in [1.54, 1.807) is 4.57 Å². The summed E-state index contributed by atoms with van der Waals surface area (Å²) in [5.74, 6) is 0.824. The van der Waals surface area contributed by atoms with Crippen LogP contribution in [-0.4, -0.2) is 30.7 Å². The maximum atomic E-state index is 13.0. The maximum Gasteiger partial charge on any atom is 0.262 e. The zero-order valence-corrected chi connectivity index (χ0v) is 18.0. The van der Waals surface area contributed by atoms with E-state index in [0.717, 1.165) is 30.3 Å². The number of hydrogen-bond acceptors (Lipinski definition) is 5. The number of carbonyl (C=O) groups excluding carboxylic acids is 1. The van der Waals surface area contributed by atoms with Crippen LogP contribution in [-0.2, 0) is 6.54 Å². The largest absolute Gasteiger partial charge is 0.293 e. The van der Waals surface area contributed by atoms with Crippen LogP contribution in [0, 0.1) is 6.92 Å². The molecule has 0 aliphatic heterocycles. The molecule has 154 valence electrons. The molecule has 0 amide bonds. The first-order valence-electron chi connectivity index (χ1n) is 10.2. The average Bonchev–Trinajstić information content (AvgIpc) is 3.19. The van der Waals surface area contributed by atoms with Gasteiger partial charge in [0.2, 0.25) is 5.78 Å². The first-order valence-corrected chi connectivity index (χ1v) is 11.2. The van der Waals surface area contributed by atoms with Crippen molar-refractivity contribution in [3.8, 4) is 0 Å². The second-order valence-corrected chi connectivity index (χ2v) is 8.32. The minimum Gasteiger partial charge on any atom is -0.293 e. The Kier molecular flexibility index (Phi) is 5.99. The zero-order valence-electron chi connectivity index (χ0n) is 17.2. The summed E-state index contributed by atoms with van der Waals surface area (Å²) in [6.45, 7) is 4.73. The number of fused-ring (bicyclic) bond motifs is 3. The van der Waals surface area contributed by atoms with E-state index in [0.29, 0.717) is 28.4 Å². The Morgan fingerprint density at radius 1 is 1.03 bits per heavy atom. The van der Waals surface area contributed by atoms with Gasteiger partial charge in [0.1, 0.15) is 0 Å². The number of ketones is 1. The third-order valence-corrected chi connectivity index (χ3v) is 6.10. The van der Waals surface area contributed by atoms with Gasteiger partial charge in [-0.3, -0.25) is 18.6 Å². The van der Waals surface area contributed by atoms with Crippen LogP contribution in [0.15, 0.2) is 58.5 Å². The number of carbonyl (C=O) groups is 1. The molecule has 0 aliphatic carbocycles. The van der Waals surface area contributed by atoms with Crippen LogP contribution in [0.5, 0.6) is 0 Å². The lowest BCUT2D eigenvalue weighted by molar-refractivity contribution is 0.102. The van der Waals surface area contributed by atoms with Crippen molar-refractivity contribution in [2.45, 2.75) is 44.8 Å². The Bertz CT molecular complexity index is 1260. The summed E-state index contributed by atoms with van der Waals surface area (Å²) < 4.78 is 3.60. The molecular formula is C23H24N4O2S. The first-order chi connectivity index (χ1) is 14.6. The van der Waals surface area contributed by atoms with Gasteiger partial charge in [-0.1, -0.05) is 73.5 Å². The summed E-state index contributed by atoms with van der Waals surface area (Å²) in [6.07, 6.45) is 3.03. The van der Waals surface area contributed by atoms with Gasteiger partial charge < -0.3 is 0 Å². The van der Waals surface area contributed by atoms with Crippen molar-refractivity contribution >= 4 is 34.2 Å². The summed E-state index contributed by atoms with van der Waals surface area (Å²) in [5.41, 5.74) is 2.52. The molecule has 2 heterocycles. The molecule has 0 atom stereocenters. The number of aryl methyl sites for hydroxylation is 2. The fourth-order valence-corrected chi connectivity index (χ4v) is 4.34. The number of nitrogens with zero attached hydrogens (tertiary/aromatic N) is 4. The molecule has 0 bridgehead atoms. The number of unbranched alkanes of at least 4 members (excludes halogenated alkanes) is 2. The van der Waals surface area contributed by atoms with Gasteiger partial charge in [-0.15, -0.1) is 10.2 Å². The number of Topliss-reactive ketones (excluding diaryl/α,β-unsaturated/α-hetero) is 1. The fraction of sp³-hybridized carbons (Fsp3) is 0.304. The molecule has 4 aromatic rings. The van der Waals surface area contributed by atoms with Crippen LogP contribution in [0.2, 0.25) is 0 Å². The number of benzene rings is 2. The lowest BCUT2D eigenvalue weighted by atomic mass is 10.1. The molecule has 0 unspecified atom stereocenters. The molecule has 7 heteroatoms. The first kappa shape index (κ1) is 20.3. The van der Waals surface area contributed by atoms with Crippen molar-refractivity contribution in [1.82, 2.24) is 19.2 Å². The van der Waals surface area contributed by atoms with Gasteiger partial charge >= 0.3 is 0 Å². The third-order valence-electron chi connectivity index (χ3n) is 5.17. The van der Waals surface area contributed by atoms with Gasteiger partial charge in [0.15, 0.2) is 10.9 Å². The number of hydrogen-bond donors (Lipinski definition) is 0. The van der Waals surface area contributed by atoms with Gasteiger partial charge in [0, 0.05) is 12.1 Å². The second kappa shape index (κ2) is 8.83. The quantitative estimate of drug-likeness (QED) is 0.238. The maximum absolute atomic E-state index is 13.0. The van der Waals surface area contributed by atoms with Crippen molar-refractivity contribution in [2.75, 3.05) is 5.75 Å². The smallest absolute Gasteiger partial charge is 0.262 e. The van der Waals surface area contributed by atoms with Crippen molar-refractivity contribution in [2.24, 2.45) is 0 Å². The van der Waals surface area contributed by atoms with Crippen molar-refractivity contribution in [3.63, 3.8) is 0 Å². The summed E-state index contributed by atoms with van der Waals surface area (Å²) >= 11 is 1.35. The van der Waals surface area contributed by atoms with Crippen molar-refractivity contribution in [1.29, 1.82) is 0 Å². The SMILES string of the molecule is CCCCCn1c(=O)c2ccccc2n2c(SCC(=O)c3ccc(C)cc3)nnc12. The van der Waals surface area contributed by atoms with Gasteiger partial charge in [-0.05, 0) is 25.5 Å². The van der Waals surface area contributed by atoms with Gasteiger partial charge in [0.05, 0.1) is 16.7 Å². The van der Waals surface area contributed by atoms with Crippen LogP contribution in [0.25, 0.3) is 16.7 Å². The molecule has 0 aliphatic rings. The topological polar surface area (TPSA) is 69.3 Å². The molecule has 4 rings (SSSR count). The lowest BCUT2D eigenvalue weighted by Gasteiger charge is -2.11. The van der Waals surface area contributed by atoms with Gasteiger partial charge in [-0.25, -0.2) is 0 Å². The highest BCUT2D eigenvalue weighted by Gasteiger charge is 2.17. The zero-order chi connectivity index (χ0) is 21.1. The van der Waals surface area contributed by atoms with E-state index in [9.17, 15) is 9.59 Å². The van der Waals surface area contributed by atoms with E-state index in [2.05, 4.69) is 17.1 Å². The number of aromatic nitrogens is 4. The molecule has 6 nitrogen and oxygen atoms in total. The van der Waals surface area contributed by atoms with Crippen LogP contribution in [0.3, 0.4) is 0 Å². The molecule has 0 spiro atoms. The summed E-state index contributed by atoms with van der Waals surface area (Å²) in [7, 11) is 0. The summed E-state index contributed by atoms with van der Waals surface area (Å²) in [6, 6.07) is 15.1. The standard InChI is InChI=1S/C23H24N4O2S/c1-3-4-7-14-26-21(29)18-8-5-6-9-19(18)27-22(26)24-25-23(27)30-15-20(28)17-12-10-16(2)11-13-17/h5-6,8-13H,3-4,7,14-15H2,1-2H3. The monoisotopic (exact) mass is 420 g/mol. The minimum absolute atomic E-state index is 0.0392. The normalized spacial score (nSPS) is 11.4. The highest BCUT2D eigenvalue weighted by molar-refractivity contribution is 7.99. The van der Waals surface area contributed by atoms with Crippen LogP contribution < -0.4 is 5.56 Å². The highest BCUT2D eigenvalue weighted by atomic mass is 32.2. The Labute approximate surface area is 178 Å². The van der Waals surface area contributed by atoms with Crippen molar-refractivity contribution < 1.29 is 4.79 Å². The van der Waals surface area contributed by atoms with E-state index in [1.807, 2.05) is 59.9 Å². The van der Waals surface area contributed by atoms with E-state index >= 15 is 0 Å². The molecule has 30 heavy (non-hydrogen) atoms. The predicted octanol–water partition coefficient (Wildman–Crippen LogP) is 4.52. The number of thioether (sulfide) groups is 1. The van der Waals surface area contributed by atoms with E-state index in [4.69, 9.17) is 0 Å². The van der Waals surface area contributed by atoms with Crippen LogP contribution in [0.4, 0.5) is 0 Å². The molecular weight excluding hydrogens is 396 g/mol. The molecule has 0 N–H and O–H groups in total. The molecule has 0 saturated carbocycles. The van der Waals surface area contributed by atoms with E-state index in [-0.39, 0.29) is 17.1 Å². The Balaban J connectivity index is 1.71. The van der Waals surface area contributed by atoms with Crippen LogP contribution in [0.1, 0.15) is 42.1 Å². The van der Waals surface area contributed by atoms with E-state index < -0.39 is 0 Å². The fourth-order valence-electron chi connectivity index (χ4n) is 3.50. The molecule has 2 aromatic heterocycles. The Morgan fingerprint density at radius 2 is 1.80 bits per heavy atom. The lowest BCUT2D eigenvalue weighted by Crippen LogP contribution is -2.23. The molecule has 0 fully saturated rings. The predicted molar refractivity (Wildman–Crippen MR) is 121 cm³/mol. The molecule has 0 saturated heterocycles. The second-order valence-electron chi connectivity index (χ2n) is 7.38. The molecule has 0 radical (unpaired) electrons. The third kappa shape index (κ3) is 3.89. The van der Waals surface area contributed by atoms with E-state index in [1.165, 1.54) is 11.8 Å². The van der Waals surface area contributed by atoms with Gasteiger partial charge in [-0.2, -0.15) is 0 Å².